The van der Waals surface area contributed by atoms with Gasteiger partial charge in [-0.3, -0.25) is 4.57 Å². The van der Waals surface area contributed by atoms with Crippen molar-refractivity contribution < 1.29 is 9.50 Å². The number of nitrogens with zero attached hydrogens (tertiary/aromatic N) is 3. The standard InChI is InChI=1S/C19H14FN3O/c20-14-7-9-15(10-8-14)23-18(12-13-4-1-2-6-17(13)24)22-16-5-3-11-21-19(16)23/h1-11,24H,12H2. The minimum Gasteiger partial charge on any atom is -0.508 e. The molecule has 0 saturated carbocycles. The summed E-state index contributed by atoms with van der Waals surface area (Å²) >= 11 is 0. The highest BCUT2D eigenvalue weighted by Crippen LogP contribution is 2.25. The van der Waals surface area contributed by atoms with E-state index in [2.05, 4.69) is 9.97 Å². The topological polar surface area (TPSA) is 50.9 Å². The Kier molecular flexibility index (Phi) is 3.46. The number of hydrogen-bond donors (Lipinski definition) is 1. The first-order valence-electron chi connectivity index (χ1n) is 7.57. The highest BCUT2D eigenvalue weighted by atomic mass is 19.1. The quantitative estimate of drug-likeness (QED) is 0.624. The number of phenolic OH excluding ortho intramolecular Hbond substituents is 1. The first-order valence-corrected chi connectivity index (χ1v) is 7.57. The van der Waals surface area contributed by atoms with Crippen LogP contribution in [0.3, 0.4) is 0 Å². The van der Waals surface area contributed by atoms with Crippen molar-refractivity contribution in [2.75, 3.05) is 0 Å². The third-order valence-electron chi connectivity index (χ3n) is 3.91. The van der Waals surface area contributed by atoms with Gasteiger partial charge in [-0.15, -0.1) is 0 Å². The van der Waals surface area contributed by atoms with Crippen molar-refractivity contribution in [2.24, 2.45) is 0 Å². The van der Waals surface area contributed by atoms with Crippen LogP contribution in [0.5, 0.6) is 5.75 Å². The molecule has 2 aromatic heterocycles. The molecule has 0 atom stereocenters. The zero-order valence-corrected chi connectivity index (χ0v) is 12.7. The van der Waals surface area contributed by atoms with Gasteiger partial charge in [-0.05, 0) is 42.5 Å². The van der Waals surface area contributed by atoms with Gasteiger partial charge in [0.15, 0.2) is 5.65 Å². The fourth-order valence-electron chi connectivity index (χ4n) is 2.77. The van der Waals surface area contributed by atoms with Gasteiger partial charge < -0.3 is 5.11 Å². The molecule has 0 amide bonds. The molecule has 5 heteroatoms. The number of phenols is 1. The van der Waals surface area contributed by atoms with Gasteiger partial charge in [-0.25, -0.2) is 14.4 Å². The second kappa shape index (κ2) is 5.77. The van der Waals surface area contributed by atoms with Gasteiger partial charge in [0.2, 0.25) is 0 Å². The number of fused-ring (bicyclic) bond motifs is 1. The average molecular weight is 319 g/mol. The molecule has 4 nitrogen and oxygen atoms in total. The molecular formula is C19H14FN3O. The second-order valence-electron chi connectivity index (χ2n) is 5.49. The fourth-order valence-corrected chi connectivity index (χ4v) is 2.77. The molecule has 0 aliphatic rings. The summed E-state index contributed by atoms with van der Waals surface area (Å²) in [5.74, 6) is 0.665. The smallest absolute Gasteiger partial charge is 0.164 e. The van der Waals surface area contributed by atoms with E-state index < -0.39 is 0 Å². The summed E-state index contributed by atoms with van der Waals surface area (Å²) < 4.78 is 15.2. The molecule has 2 aromatic carbocycles. The molecule has 0 fully saturated rings. The fraction of sp³-hybridized carbons (Fsp3) is 0.0526. The molecule has 0 unspecified atom stereocenters. The van der Waals surface area contributed by atoms with Crippen molar-refractivity contribution in [3.05, 3.63) is 84.1 Å². The number of imidazole rings is 1. The highest BCUT2D eigenvalue weighted by Gasteiger charge is 2.15. The number of pyridine rings is 1. The van der Waals surface area contributed by atoms with E-state index in [1.165, 1.54) is 12.1 Å². The lowest BCUT2D eigenvalue weighted by Gasteiger charge is -2.09. The first kappa shape index (κ1) is 14.4. The second-order valence-corrected chi connectivity index (χ2v) is 5.49. The zero-order valence-electron chi connectivity index (χ0n) is 12.7. The highest BCUT2D eigenvalue weighted by molar-refractivity contribution is 5.74. The van der Waals surface area contributed by atoms with Crippen molar-refractivity contribution in [3.8, 4) is 11.4 Å². The van der Waals surface area contributed by atoms with Crippen molar-refractivity contribution >= 4 is 11.2 Å². The molecule has 4 rings (SSSR count). The molecule has 2 heterocycles. The third-order valence-corrected chi connectivity index (χ3v) is 3.91. The molecule has 0 spiro atoms. The van der Waals surface area contributed by atoms with Gasteiger partial charge >= 0.3 is 0 Å². The summed E-state index contributed by atoms with van der Waals surface area (Å²) in [7, 11) is 0. The Labute approximate surface area is 137 Å². The summed E-state index contributed by atoms with van der Waals surface area (Å²) in [6, 6.07) is 17.1. The maximum atomic E-state index is 13.3. The van der Waals surface area contributed by atoms with E-state index in [0.29, 0.717) is 12.1 Å². The lowest BCUT2D eigenvalue weighted by Crippen LogP contribution is -2.03. The lowest BCUT2D eigenvalue weighted by atomic mass is 10.1. The molecular weight excluding hydrogens is 305 g/mol. The summed E-state index contributed by atoms with van der Waals surface area (Å²) in [6.07, 6.45) is 2.15. The van der Waals surface area contributed by atoms with Crippen LogP contribution < -0.4 is 0 Å². The number of benzene rings is 2. The SMILES string of the molecule is Oc1ccccc1Cc1nc2cccnc2n1-c1ccc(F)cc1. The maximum absolute atomic E-state index is 13.3. The Morgan fingerprint density at radius 1 is 0.958 bits per heavy atom. The van der Waals surface area contributed by atoms with Crippen LogP contribution in [-0.2, 0) is 6.42 Å². The third kappa shape index (κ3) is 2.50. The lowest BCUT2D eigenvalue weighted by molar-refractivity contribution is 0.469. The minimum atomic E-state index is -0.293. The summed E-state index contributed by atoms with van der Waals surface area (Å²) in [4.78, 5) is 9.05. The Morgan fingerprint density at radius 2 is 1.75 bits per heavy atom. The van der Waals surface area contributed by atoms with Crippen molar-refractivity contribution in [1.29, 1.82) is 0 Å². The van der Waals surface area contributed by atoms with Gasteiger partial charge in [-0.1, -0.05) is 18.2 Å². The largest absolute Gasteiger partial charge is 0.508 e. The van der Waals surface area contributed by atoms with Crippen LogP contribution in [0.15, 0.2) is 66.9 Å². The summed E-state index contributed by atoms with van der Waals surface area (Å²) in [5.41, 5.74) is 3.01. The zero-order chi connectivity index (χ0) is 16.5. The van der Waals surface area contributed by atoms with E-state index in [1.54, 1.807) is 30.5 Å². The van der Waals surface area contributed by atoms with Gasteiger partial charge in [-0.2, -0.15) is 0 Å². The molecule has 1 N–H and O–H groups in total. The van der Waals surface area contributed by atoms with E-state index in [4.69, 9.17) is 0 Å². The van der Waals surface area contributed by atoms with Crippen LogP contribution in [0.25, 0.3) is 16.9 Å². The minimum absolute atomic E-state index is 0.225. The van der Waals surface area contributed by atoms with Gasteiger partial charge in [0.25, 0.3) is 0 Å². The Hall–Kier alpha value is -3.21. The number of para-hydroxylation sites is 1. The van der Waals surface area contributed by atoms with E-state index in [-0.39, 0.29) is 11.6 Å². The van der Waals surface area contributed by atoms with Crippen LogP contribution in [0, 0.1) is 5.82 Å². The number of halogens is 1. The molecule has 0 aliphatic heterocycles. The van der Waals surface area contributed by atoms with Crippen LogP contribution in [0.2, 0.25) is 0 Å². The molecule has 0 radical (unpaired) electrons. The summed E-state index contributed by atoms with van der Waals surface area (Å²) in [5, 5.41) is 10.0. The predicted molar refractivity (Wildman–Crippen MR) is 89.7 cm³/mol. The Morgan fingerprint density at radius 3 is 2.54 bits per heavy atom. The molecule has 24 heavy (non-hydrogen) atoms. The van der Waals surface area contributed by atoms with Crippen LogP contribution in [-0.4, -0.2) is 19.6 Å². The van der Waals surface area contributed by atoms with Crippen LogP contribution >= 0.6 is 0 Å². The molecule has 118 valence electrons. The van der Waals surface area contributed by atoms with E-state index in [0.717, 1.165) is 22.6 Å². The van der Waals surface area contributed by atoms with Gasteiger partial charge in [0.1, 0.15) is 22.9 Å². The van der Waals surface area contributed by atoms with Crippen LogP contribution in [0.4, 0.5) is 4.39 Å². The Bertz CT molecular complexity index is 1010. The molecule has 0 bridgehead atoms. The Balaban J connectivity index is 1.90. The normalized spacial score (nSPS) is 11.0. The van der Waals surface area contributed by atoms with Crippen molar-refractivity contribution in [2.45, 2.75) is 6.42 Å². The number of aromatic nitrogens is 3. The maximum Gasteiger partial charge on any atom is 0.164 e. The van der Waals surface area contributed by atoms with Crippen LogP contribution in [0.1, 0.15) is 11.4 Å². The molecule has 0 saturated heterocycles. The molecule has 0 aliphatic carbocycles. The van der Waals surface area contributed by atoms with Gasteiger partial charge in [0, 0.05) is 23.9 Å². The average Bonchev–Trinajstić information content (AvgIpc) is 2.96. The van der Waals surface area contributed by atoms with E-state index in [1.807, 2.05) is 28.8 Å². The monoisotopic (exact) mass is 319 g/mol. The predicted octanol–water partition coefficient (Wildman–Crippen LogP) is 3.86. The summed E-state index contributed by atoms with van der Waals surface area (Å²) in [6.45, 7) is 0. The number of hydrogen-bond acceptors (Lipinski definition) is 3. The van der Waals surface area contributed by atoms with Crippen molar-refractivity contribution in [3.63, 3.8) is 0 Å². The van der Waals surface area contributed by atoms with Crippen molar-refractivity contribution in [1.82, 2.24) is 14.5 Å². The number of aromatic hydroxyl groups is 1. The van der Waals surface area contributed by atoms with Gasteiger partial charge in [0.05, 0.1) is 0 Å². The van der Waals surface area contributed by atoms with E-state index >= 15 is 0 Å². The number of rotatable bonds is 3. The van der Waals surface area contributed by atoms with E-state index in [9.17, 15) is 9.50 Å². The first-order chi connectivity index (χ1) is 11.7. The molecule has 4 aromatic rings.